The summed E-state index contributed by atoms with van der Waals surface area (Å²) in [5.41, 5.74) is 0. The van der Waals surface area contributed by atoms with Crippen molar-refractivity contribution in [3.05, 3.63) is 0 Å². The summed E-state index contributed by atoms with van der Waals surface area (Å²) in [6.45, 7) is 6.19. The lowest BCUT2D eigenvalue weighted by atomic mass is 10.1. The molecule has 0 aromatic carbocycles. The SMILES string of the molecule is CC.CC1CCC(NC(=O)CC#N)C1. The lowest BCUT2D eigenvalue weighted by Gasteiger charge is -2.10. The lowest BCUT2D eigenvalue weighted by Crippen LogP contribution is -2.32. The maximum absolute atomic E-state index is 11.0. The molecule has 3 heteroatoms. The van der Waals surface area contributed by atoms with Gasteiger partial charge in [-0.2, -0.15) is 5.26 Å². The molecule has 0 saturated heterocycles. The van der Waals surface area contributed by atoms with Gasteiger partial charge in [0.2, 0.25) is 5.91 Å². The molecule has 80 valence electrons. The average Bonchev–Trinajstić information content (AvgIpc) is 2.55. The third kappa shape index (κ3) is 4.86. The highest BCUT2D eigenvalue weighted by Gasteiger charge is 2.22. The van der Waals surface area contributed by atoms with Gasteiger partial charge in [-0.3, -0.25) is 4.79 Å². The largest absolute Gasteiger partial charge is 0.352 e. The zero-order chi connectivity index (χ0) is 11.0. The maximum Gasteiger partial charge on any atom is 0.234 e. The highest BCUT2D eigenvalue weighted by Crippen LogP contribution is 2.24. The number of nitrogens with one attached hydrogen (secondary N) is 1. The number of hydrogen-bond acceptors (Lipinski definition) is 2. The minimum atomic E-state index is -0.128. The Morgan fingerprint density at radius 1 is 1.50 bits per heavy atom. The highest BCUT2D eigenvalue weighted by molar-refractivity contribution is 5.78. The molecule has 0 spiro atoms. The molecule has 1 aliphatic rings. The summed E-state index contributed by atoms with van der Waals surface area (Å²) in [5, 5.41) is 11.1. The first-order chi connectivity index (χ1) is 6.72. The second-order valence-corrected chi connectivity index (χ2v) is 3.52. The Morgan fingerprint density at radius 2 is 2.14 bits per heavy atom. The lowest BCUT2D eigenvalue weighted by molar-refractivity contribution is -0.120. The van der Waals surface area contributed by atoms with E-state index in [0.717, 1.165) is 18.8 Å². The Hall–Kier alpha value is -1.04. The van der Waals surface area contributed by atoms with Crippen molar-refractivity contribution in [3.63, 3.8) is 0 Å². The molecule has 0 aromatic rings. The predicted molar refractivity (Wildman–Crippen MR) is 56.5 cm³/mol. The predicted octanol–water partition coefficient (Wildman–Crippen LogP) is 2.23. The molecule has 1 saturated carbocycles. The molecule has 0 aromatic heterocycles. The van der Waals surface area contributed by atoms with Crippen LogP contribution in [0.3, 0.4) is 0 Å². The number of rotatable bonds is 2. The Labute approximate surface area is 86.5 Å². The average molecular weight is 196 g/mol. The van der Waals surface area contributed by atoms with Crippen molar-refractivity contribution < 1.29 is 4.79 Å². The molecule has 2 unspecified atom stereocenters. The van der Waals surface area contributed by atoms with E-state index in [1.165, 1.54) is 6.42 Å². The Kier molecular flexibility index (Phi) is 6.82. The van der Waals surface area contributed by atoms with Gasteiger partial charge in [-0.05, 0) is 25.2 Å². The van der Waals surface area contributed by atoms with Gasteiger partial charge in [-0.1, -0.05) is 20.8 Å². The summed E-state index contributed by atoms with van der Waals surface area (Å²) in [5.74, 6) is 0.592. The minimum Gasteiger partial charge on any atom is -0.352 e. The smallest absolute Gasteiger partial charge is 0.234 e. The summed E-state index contributed by atoms with van der Waals surface area (Å²) in [6.07, 6.45) is 3.32. The van der Waals surface area contributed by atoms with Gasteiger partial charge in [0.25, 0.3) is 0 Å². The van der Waals surface area contributed by atoms with Crippen molar-refractivity contribution in [2.24, 2.45) is 5.92 Å². The van der Waals surface area contributed by atoms with E-state index in [2.05, 4.69) is 12.2 Å². The second-order valence-electron chi connectivity index (χ2n) is 3.52. The van der Waals surface area contributed by atoms with Crippen LogP contribution in [0, 0.1) is 17.2 Å². The first-order valence-corrected chi connectivity index (χ1v) is 5.38. The summed E-state index contributed by atoms with van der Waals surface area (Å²) >= 11 is 0. The van der Waals surface area contributed by atoms with E-state index < -0.39 is 0 Å². The fourth-order valence-corrected chi connectivity index (χ4v) is 1.69. The third-order valence-electron chi connectivity index (χ3n) is 2.30. The summed E-state index contributed by atoms with van der Waals surface area (Å²) in [4.78, 5) is 11.0. The van der Waals surface area contributed by atoms with E-state index in [0.29, 0.717) is 6.04 Å². The molecule has 0 bridgehead atoms. The molecule has 1 N–H and O–H groups in total. The normalized spacial score (nSPS) is 24.4. The zero-order valence-electron chi connectivity index (χ0n) is 9.34. The maximum atomic E-state index is 11.0. The highest BCUT2D eigenvalue weighted by atomic mass is 16.1. The van der Waals surface area contributed by atoms with Crippen LogP contribution >= 0.6 is 0 Å². The van der Waals surface area contributed by atoms with Crippen LogP contribution in [-0.4, -0.2) is 11.9 Å². The van der Waals surface area contributed by atoms with E-state index in [1.54, 1.807) is 0 Å². The standard InChI is InChI=1S/C9H14N2O.C2H6/c1-7-2-3-8(6-7)11-9(12)4-5-10;1-2/h7-8H,2-4,6H2,1H3,(H,11,12);1-2H3. The number of hydrogen-bond donors (Lipinski definition) is 1. The summed E-state index contributed by atoms with van der Waals surface area (Å²) in [6, 6.07) is 2.16. The van der Waals surface area contributed by atoms with Gasteiger partial charge in [-0.15, -0.1) is 0 Å². The van der Waals surface area contributed by atoms with Crippen molar-refractivity contribution in [2.45, 2.75) is 52.5 Å². The zero-order valence-corrected chi connectivity index (χ0v) is 9.34. The van der Waals surface area contributed by atoms with Crippen molar-refractivity contribution in [3.8, 4) is 6.07 Å². The summed E-state index contributed by atoms with van der Waals surface area (Å²) < 4.78 is 0. The molecule has 0 aliphatic heterocycles. The number of nitriles is 1. The van der Waals surface area contributed by atoms with Crippen molar-refractivity contribution >= 4 is 5.91 Å². The first kappa shape index (κ1) is 13.0. The van der Waals surface area contributed by atoms with Gasteiger partial charge in [0, 0.05) is 6.04 Å². The van der Waals surface area contributed by atoms with Crippen LogP contribution in [0.5, 0.6) is 0 Å². The molecule has 0 radical (unpaired) electrons. The van der Waals surface area contributed by atoms with Gasteiger partial charge in [0.05, 0.1) is 6.07 Å². The third-order valence-corrected chi connectivity index (χ3v) is 2.30. The minimum absolute atomic E-state index is 0.00905. The van der Waals surface area contributed by atoms with Crippen LogP contribution < -0.4 is 5.32 Å². The number of amides is 1. The van der Waals surface area contributed by atoms with Gasteiger partial charge in [-0.25, -0.2) is 0 Å². The van der Waals surface area contributed by atoms with Crippen LogP contribution in [-0.2, 0) is 4.79 Å². The van der Waals surface area contributed by atoms with Crippen LogP contribution in [0.1, 0.15) is 46.5 Å². The fraction of sp³-hybridized carbons (Fsp3) is 0.818. The topological polar surface area (TPSA) is 52.9 Å². The molecular weight excluding hydrogens is 176 g/mol. The number of carbonyl (C=O) groups excluding carboxylic acids is 1. The van der Waals surface area contributed by atoms with E-state index in [1.807, 2.05) is 19.9 Å². The van der Waals surface area contributed by atoms with E-state index >= 15 is 0 Å². The van der Waals surface area contributed by atoms with Gasteiger partial charge in [0.15, 0.2) is 0 Å². The van der Waals surface area contributed by atoms with Crippen LogP contribution in [0.4, 0.5) is 0 Å². The molecule has 14 heavy (non-hydrogen) atoms. The molecule has 1 amide bonds. The number of nitrogens with zero attached hydrogens (tertiary/aromatic N) is 1. The Bertz CT molecular complexity index is 208. The molecule has 1 rings (SSSR count). The van der Waals surface area contributed by atoms with Crippen molar-refractivity contribution in [1.29, 1.82) is 5.26 Å². The summed E-state index contributed by atoms with van der Waals surface area (Å²) in [7, 11) is 0. The monoisotopic (exact) mass is 196 g/mol. The van der Waals surface area contributed by atoms with Gasteiger partial charge >= 0.3 is 0 Å². The van der Waals surface area contributed by atoms with E-state index in [-0.39, 0.29) is 12.3 Å². The first-order valence-electron chi connectivity index (χ1n) is 5.38. The Balaban J connectivity index is 0.000000791. The Morgan fingerprint density at radius 3 is 2.57 bits per heavy atom. The molecule has 1 aliphatic carbocycles. The van der Waals surface area contributed by atoms with Gasteiger partial charge in [0.1, 0.15) is 6.42 Å². The van der Waals surface area contributed by atoms with Crippen LogP contribution in [0.15, 0.2) is 0 Å². The quantitative estimate of drug-likeness (QED) is 0.736. The molecule has 3 nitrogen and oxygen atoms in total. The van der Waals surface area contributed by atoms with Crippen molar-refractivity contribution in [2.75, 3.05) is 0 Å². The second kappa shape index (κ2) is 7.37. The van der Waals surface area contributed by atoms with Gasteiger partial charge < -0.3 is 5.32 Å². The fourth-order valence-electron chi connectivity index (χ4n) is 1.69. The van der Waals surface area contributed by atoms with E-state index in [9.17, 15) is 4.79 Å². The molecular formula is C11H20N2O. The molecule has 0 heterocycles. The molecule has 1 fully saturated rings. The number of carbonyl (C=O) groups is 1. The molecule has 2 atom stereocenters. The van der Waals surface area contributed by atoms with Crippen molar-refractivity contribution in [1.82, 2.24) is 5.32 Å². The van der Waals surface area contributed by atoms with E-state index in [4.69, 9.17) is 5.26 Å². The van der Waals surface area contributed by atoms with Crippen LogP contribution in [0.2, 0.25) is 0 Å². The van der Waals surface area contributed by atoms with Crippen LogP contribution in [0.25, 0.3) is 0 Å².